The van der Waals surface area contributed by atoms with Gasteiger partial charge in [0.2, 0.25) is 5.91 Å². The molecule has 2 aromatic carbocycles. The second kappa shape index (κ2) is 7.48. The minimum atomic E-state index is -0.272. The van der Waals surface area contributed by atoms with Gasteiger partial charge in [0.05, 0.1) is 5.75 Å². The first-order valence-electron chi connectivity index (χ1n) is 6.41. The lowest BCUT2D eigenvalue weighted by Crippen LogP contribution is -2.27. The summed E-state index contributed by atoms with van der Waals surface area (Å²) in [5.41, 5.74) is 0.906. The third-order valence-corrected chi connectivity index (χ3v) is 4.18. The van der Waals surface area contributed by atoms with Gasteiger partial charge in [0.1, 0.15) is 5.82 Å². The highest BCUT2D eigenvalue weighted by Gasteiger charge is 2.10. The van der Waals surface area contributed by atoms with Gasteiger partial charge < -0.3 is 4.90 Å². The minimum absolute atomic E-state index is 0.0271. The summed E-state index contributed by atoms with van der Waals surface area (Å²) >= 11 is 7.28. The van der Waals surface area contributed by atoms with Gasteiger partial charge in [0.15, 0.2) is 0 Å². The lowest BCUT2D eigenvalue weighted by atomic mass is 10.2. The van der Waals surface area contributed by atoms with E-state index in [1.165, 1.54) is 23.9 Å². The van der Waals surface area contributed by atoms with E-state index in [0.717, 1.165) is 10.5 Å². The van der Waals surface area contributed by atoms with Gasteiger partial charge in [-0.3, -0.25) is 4.79 Å². The van der Waals surface area contributed by atoms with E-state index in [1.54, 1.807) is 36.2 Å². The molecule has 0 bridgehead atoms. The van der Waals surface area contributed by atoms with Crippen molar-refractivity contribution in [2.24, 2.45) is 0 Å². The van der Waals surface area contributed by atoms with E-state index in [0.29, 0.717) is 17.3 Å². The molecule has 21 heavy (non-hydrogen) atoms. The van der Waals surface area contributed by atoms with Crippen LogP contribution in [0.3, 0.4) is 0 Å². The van der Waals surface area contributed by atoms with E-state index in [2.05, 4.69) is 0 Å². The number of carbonyl (C=O) groups excluding carboxylic acids is 1. The predicted molar refractivity (Wildman–Crippen MR) is 85.1 cm³/mol. The smallest absolute Gasteiger partial charge is 0.232 e. The first kappa shape index (κ1) is 15.9. The molecule has 2 aromatic rings. The molecular weight excluding hydrogens is 309 g/mol. The summed E-state index contributed by atoms with van der Waals surface area (Å²) < 4.78 is 12.8. The number of hydrogen-bond acceptors (Lipinski definition) is 2. The van der Waals surface area contributed by atoms with Crippen molar-refractivity contribution < 1.29 is 9.18 Å². The van der Waals surface area contributed by atoms with Gasteiger partial charge in [0, 0.05) is 23.5 Å². The van der Waals surface area contributed by atoms with Gasteiger partial charge in [-0.25, -0.2) is 4.39 Å². The van der Waals surface area contributed by atoms with E-state index in [4.69, 9.17) is 11.6 Å². The van der Waals surface area contributed by atoms with Crippen LogP contribution in [-0.4, -0.2) is 23.6 Å². The Labute approximate surface area is 132 Å². The van der Waals surface area contributed by atoms with Crippen LogP contribution in [0.5, 0.6) is 0 Å². The molecule has 0 aliphatic heterocycles. The van der Waals surface area contributed by atoms with Gasteiger partial charge in [-0.05, 0) is 42.0 Å². The van der Waals surface area contributed by atoms with Gasteiger partial charge in [-0.2, -0.15) is 0 Å². The zero-order valence-electron chi connectivity index (χ0n) is 11.6. The maximum atomic E-state index is 12.8. The largest absolute Gasteiger partial charge is 0.341 e. The van der Waals surface area contributed by atoms with Crippen LogP contribution < -0.4 is 0 Å². The quantitative estimate of drug-likeness (QED) is 0.767. The molecule has 0 saturated heterocycles. The van der Waals surface area contributed by atoms with E-state index in [-0.39, 0.29) is 11.7 Å². The second-order valence-corrected chi connectivity index (χ2v) is 6.10. The first-order chi connectivity index (χ1) is 10.0. The van der Waals surface area contributed by atoms with Gasteiger partial charge in [0.25, 0.3) is 0 Å². The Balaban J connectivity index is 1.84. The maximum absolute atomic E-state index is 12.8. The summed E-state index contributed by atoms with van der Waals surface area (Å²) in [6, 6.07) is 13.6. The molecule has 0 N–H and O–H groups in total. The summed E-state index contributed by atoms with van der Waals surface area (Å²) in [5, 5.41) is 0.680. The van der Waals surface area contributed by atoms with Crippen LogP contribution in [0.25, 0.3) is 0 Å². The monoisotopic (exact) mass is 323 g/mol. The number of halogens is 2. The number of rotatable bonds is 5. The third kappa shape index (κ3) is 5.06. The molecule has 0 fully saturated rings. The molecule has 0 radical (unpaired) electrons. The van der Waals surface area contributed by atoms with Crippen molar-refractivity contribution in [2.75, 3.05) is 12.8 Å². The molecule has 110 valence electrons. The summed E-state index contributed by atoms with van der Waals surface area (Å²) in [6.07, 6.45) is 0. The number of carbonyl (C=O) groups is 1. The topological polar surface area (TPSA) is 20.3 Å². The molecule has 0 unspecified atom stereocenters. The molecule has 0 aliphatic carbocycles. The molecule has 5 heteroatoms. The normalized spacial score (nSPS) is 10.4. The molecular formula is C16H15ClFNOS. The molecule has 2 nitrogen and oxygen atoms in total. The maximum Gasteiger partial charge on any atom is 0.232 e. The molecule has 2 rings (SSSR count). The van der Waals surface area contributed by atoms with Crippen molar-refractivity contribution in [3.63, 3.8) is 0 Å². The van der Waals surface area contributed by atoms with E-state index < -0.39 is 0 Å². The Morgan fingerprint density at radius 1 is 1.14 bits per heavy atom. The molecule has 0 saturated carbocycles. The third-order valence-electron chi connectivity index (χ3n) is 2.93. The average molecular weight is 324 g/mol. The summed E-state index contributed by atoms with van der Waals surface area (Å²) in [6.45, 7) is 0.473. The summed E-state index contributed by atoms with van der Waals surface area (Å²) in [4.78, 5) is 14.7. The van der Waals surface area contributed by atoms with Crippen LogP contribution in [0.15, 0.2) is 53.4 Å². The zero-order chi connectivity index (χ0) is 15.2. The average Bonchev–Trinajstić information content (AvgIpc) is 2.48. The Morgan fingerprint density at radius 2 is 1.76 bits per heavy atom. The number of amides is 1. The van der Waals surface area contributed by atoms with E-state index in [1.807, 2.05) is 12.1 Å². The first-order valence-corrected chi connectivity index (χ1v) is 7.78. The van der Waals surface area contributed by atoms with Crippen LogP contribution in [0.2, 0.25) is 5.02 Å². The van der Waals surface area contributed by atoms with Crippen LogP contribution in [-0.2, 0) is 11.3 Å². The Bertz CT molecular complexity index is 601. The fourth-order valence-corrected chi connectivity index (χ4v) is 2.70. The Hall–Kier alpha value is -1.52. The lowest BCUT2D eigenvalue weighted by Gasteiger charge is -2.17. The number of benzene rings is 2. The molecule has 0 aromatic heterocycles. The predicted octanol–water partition coefficient (Wildman–Crippen LogP) is 4.23. The fraction of sp³-hybridized carbons (Fsp3) is 0.188. The van der Waals surface area contributed by atoms with Crippen LogP contribution in [0.4, 0.5) is 4.39 Å². The van der Waals surface area contributed by atoms with Crippen LogP contribution in [0.1, 0.15) is 5.56 Å². The van der Waals surface area contributed by atoms with Gasteiger partial charge in [-0.1, -0.05) is 23.7 Å². The van der Waals surface area contributed by atoms with Crippen molar-refractivity contribution in [1.29, 1.82) is 0 Å². The van der Waals surface area contributed by atoms with Crippen LogP contribution in [0, 0.1) is 5.82 Å². The molecule has 0 spiro atoms. The van der Waals surface area contributed by atoms with Crippen molar-refractivity contribution in [3.05, 3.63) is 64.9 Å². The lowest BCUT2D eigenvalue weighted by molar-refractivity contribution is -0.127. The van der Waals surface area contributed by atoms with Crippen LogP contribution >= 0.6 is 23.4 Å². The minimum Gasteiger partial charge on any atom is -0.341 e. The van der Waals surface area contributed by atoms with Crippen molar-refractivity contribution >= 4 is 29.3 Å². The van der Waals surface area contributed by atoms with Crippen molar-refractivity contribution in [3.8, 4) is 0 Å². The standard InChI is InChI=1S/C16H15ClFNOS/c1-19(10-12-2-6-14(18)7-3-12)16(20)11-21-15-8-4-13(17)5-9-15/h2-9H,10-11H2,1H3. The summed E-state index contributed by atoms with van der Waals surface area (Å²) in [7, 11) is 1.74. The van der Waals surface area contributed by atoms with Gasteiger partial charge in [-0.15, -0.1) is 11.8 Å². The summed E-state index contributed by atoms with van der Waals surface area (Å²) in [5.74, 6) is 0.115. The van der Waals surface area contributed by atoms with E-state index in [9.17, 15) is 9.18 Å². The highest BCUT2D eigenvalue weighted by atomic mass is 35.5. The molecule has 0 aliphatic rings. The van der Waals surface area contributed by atoms with Crippen molar-refractivity contribution in [1.82, 2.24) is 4.90 Å². The molecule has 0 atom stereocenters. The second-order valence-electron chi connectivity index (χ2n) is 4.62. The van der Waals surface area contributed by atoms with E-state index >= 15 is 0 Å². The Kier molecular flexibility index (Phi) is 5.65. The fourth-order valence-electron chi connectivity index (χ4n) is 1.74. The SMILES string of the molecule is CN(Cc1ccc(F)cc1)C(=O)CSc1ccc(Cl)cc1. The highest BCUT2D eigenvalue weighted by molar-refractivity contribution is 8.00. The molecule has 0 heterocycles. The Morgan fingerprint density at radius 3 is 2.38 bits per heavy atom. The number of nitrogens with zero attached hydrogens (tertiary/aromatic N) is 1. The van der Waals surface area contributed by atoms with Crippen molar-refractivity contribution in [2.45, 2.75) is 11.4 Å². The molecule has 1 amide bonds. The number of thioether (sulfide) groups is 1. The highest BCUT2D eigenvalue weighted by Crippen LogP contribution is 2.20. The number of hydrogen-bond donors (Lipinski definition) is 0. The van der Waals surface area contributed by atoms with Gasteiger partial charge >= 0.3 is 0 Å². The zero-order valence-corrected chi connectivity index (χ0v) is 13.1.